The van der Waals surface area contributed by atoms with E-state index in [-0.39, 0.29) is 0 Å². The Morgan fingerprint density at radius 3 is 2.81 bits per heavy atom. The molecule has 1 N–H and O–H groups in total. The Labute approximate surface area is 98.7 Å². The molecule has 0 saturated carbocycles. The van der Waals surface area contributed by atoms with Crippen molar-refractivity contribution in [2.24, 2.45) is 0 Å². The molecule has 1 aromatic rings. The second-order valence-electron chi connectivity index (χ2n) is 4.67. The fraction of sp³-hybridized carbons (Fsp3) is 0.571. The van der Waals surface area contributed by atoms with E-state index in [4.69, 9.17) is 0 Å². The largest absolute Gasteiger partial charge is 0.315 e. The van der Waals surface area contributed by atoms with E-state index in [0.717, 1.165) is 19.6 Å². The molecule has 0 bridgehead atoms. The van der Waals surface area contributed by atoms with Crippen LogP contribution < -0.4 is 5.32 Å². The molecule has 1 saturated heterocycles. The molecule has 0 amide bonds. The number of hydrogen-bond donors (Lipinski definition) is 1. The number of nitrogens with zero attached hydrogens (tertiary/aromatic N) is 1. The first-order valence-corrected chi connectivity index (χ1v) is 6.29. The van der Waals surface area contributed by atoms with Gasteiger partial charge < -0.3 is 5.32 Å². The third kappa shape index (κ3) is 2.63. The van der Waals surface area contributed by atoms with E-state index in [1.807, 2.05) is 0 Å². The monoisotopic (exact) mass is 218 g/mol. The van der Waals surface area contributed by atoms with Crippen molar-refractivity contribution >= 4 is 0 Å². The Bertz CT molecular complexity index is 327. The van der Waals surface area contributed by atoms with E-state index >= 15 is 0 Å². The Morgan fingerprint density at radius 1 is 1.19 bits per heavy atom. The van der Waals surface area contributed by atoms with Crippen LogP contribution in [0.15, 0.2) is 24.3 Å². The van der Waals surface area contributed by atoms with Crippen molar-refractivity contribution in [1.82, 2.24) is 10.2 Å². The predicted molar refractivity (Wildman–Crippen MR) is 68.7 cm³/mol. The standard InChI is InChI=1S/C14H22N2/c1-12-6-3-4-7-14(12)13(2)16-10-5-8-15-9-11-16/h3-4,6-7,13,15H,5,8-11H2,1-2H3. The van der Waals surface area contributed by atoms with Gasteiger partial charge in [0.1, 0.15) is 0 Å². The molecular weight excluding hydrogens is 196 g/mol. The molecule has 0 aromatic heterocycles. The molecule has 0 spiro atoms. The molecule has 16 heavy (non-hydrogen) atoms. The Kier molecular flexibility index (Phi) is 3.97. The lowest BCUT2D eigenvalue weighted by Crippen LogP contribution is -2.31. The molecule has 1 fully saturated rings. The van der Waals surface area contributed by atoms with Crippen molar-refractivity contribution in [2.45, 2.75) is 26.3 Å². The molecular formula is C14H22N2. The fourth-order valence-corrected chi connectivity index (χ4v) is 2.51. The van der Waals surface area contributed by atoms with Crippen molar-refractivity contribution in [3.8, 4) is 0 Å². The predicted octanol–water partition coefficient (Wildman–Crippen LogP) is 2.35. The summed E-state index contributed by atoms with van der Waals surface area (Å²) < 4.78 is 0. The van der Waals surface area contributed by atoms with Crippen molar-refractivity contribution < 1.29 is 0 Å². The molecule has 88 valence electrons. The van der Waals surface area contributed by atoms with E-state index in [0.29, 0.717) is 6.04 Å². The van der Waals surface area contributed by atoms with Gasteiger partial charge in [0.05, 0.1) is 0 Å². The van der Waals surface area contributed by atoms with Crippen LogP contribution in [0.5, 0.6) is 0 Å². The van der Waals surface area contributed by atoms with Crippen LogP contribution >= 0.6 is 0 Å². The first-order valence-electron chi connectivity index (χ1n) is 6.29. The van der Waals surface area contributed by atoms with Gasteiger partial charge in [0.15, 0.2) is 0 Å². The summed E-state index contributed by atoms with van der Waals surface area (Å²) in [6.45, 7) is 9.20. The van der Waals surface area contributed by atoms with E-state index in [1.54, 1.807) is 0 Å². The lowest BCUT2D eigenvalue weighted by Gasteiger charge is -2.28. The molecule has 1 unspecified atom stereocenters. The van der Waals surface area contributed by atoms with Crippen molar-refractivity contribution in [3.63, 3.8) is 0 Å². The minimum absolute atomic E-state index is 0.543. The zero-order valence-corrected chi connectivity index (χ0v) is 10.4. The summed E-state index contributed by atoms with van der Waals surface area (Å²) in [4.78, 5) is 2.59. The topological polar surface area (TPSA) is 15.3 Å². The highest BCUT2D eigenvalue weighted by molar-refractivity contribution is 5.28. The second-order valence-corrected chi connectivity index (χ2v) is 4.67. The zero-order chi connectivity index (χ0) is 11.4. The van der Waals surface area contributed by atoms with Gasteiger partial charge >= 0.3 is 0 Å². The lowest BCUT2D eigenvalue weighted by molar-refractivity contribution is 0.225. The summed E-state index contributed by atoms with van der Waals surface area (Å²) in [5.41, 5.74) is 2.89. The number of aryl methyl sites for hydroxylation is 1. The normalized spacial score (nSPS) is 20.4. The van der Waals surface area contributed by atoms with Gasteiger partial charge in [-0.05, 0) is 44.5 Å². The fourth-order valence-electron chi connectivity index (χ4n) is 2.51. The maximum atomic E-state index is 3.46. The molecule has 2 rings (SSSR count). The van der Waals surface area contributed by atoms with Gasteiger partial charge in [-0.15, -0.1) is 0 Å². The first kappa shape index (κ1) is 11.6. The average Bonchev–Trinajstić information content (AvgIpc) is 2.57. The van der Waals surface area contributed by atoms with Crippen LogP contribution in [-0.4, -0.2) is 31.1 Å². The van der Waals surface area contributed by atoms with E-state index < -0.39 is 0 Å². The summed E-state index contributed by atoms with van der Waals surface area (Å²) in [6.07, 6.45) is 1.26. The Balaban J connectivity index is 2.11. The van der Waals surface area contributed by atoms with Crippen molar-refractivity contribution in [2.75, 3.05) is 26.2 Å². The number of hydrogen-bond acceptors (Lipinski definition) is 2. The number of benzene rings is 1. The Morgan fingerprint density at radius 2 is 2.00 bits per heavy atom. The molecule has 2 nitrogen and oxygen atoms in total. The van der Waals surface area contributed by atoms with E-state index in [9.17, 15) is 0 Å². The second kappa shape index (κ2) is 5.46. The summed E-state index contributed by atoms with van der Waals surface area (Å²) in [5.74, 6) is 0. The van der Waals surface area contributed by atoms with Gasteiger partial charge in [-0.2, -0.15) is 0 Å². The zero-order valence-electron chi connectivity index (χ0n) is 10.4. The molecule has 0 radical (unpaired) electrons. The van der Waals surface area contributed by atoms with Crippen LogP contribution in [0.2, 0.25) is 0 Å². The number of rotatable bonds is 2. The quantitative estimate of drug-likeness (QED) is 0.819. The third-order valence-electron chi connectivity index (χ3n) is 3.56. The summed E-state index contributed by atoms with van der Waals surface area (Å²) in [6, 6.07) is 9.28. The van der Waals surface area contributed by atoms with Gasteiger partial charge in [0.2, 0.25) is 0 Å². The van der Waals surface area contributed by atoms with Crippen LogP contribution in [0.25, 0.3) is 0 Å². The van der Waals surface area contributed by atoms with Gasteiger partial charge in [-0.1, -0.05) is 24.3 Å². The molecule has 2 heteroatoms. The molecule has 1 atom stereocenters. The molecule has 1 aromatic carbocycles. The molecule has 1 aliphatic rings. The maximum absolute atomic E-state index is 3.46. The van der Waals surface area contributed by atoms with Crippen molar-refractivity contribution in [1.29, 1.82) is 0 Å². The van der Waals surface area contributed by atoms with Gasteiger partial charge in [-0.3, -0.25) is 4.90 Å². The summed E-state index contributed by atoms with van der Waals surface area (Å²) >= 11 is 0. The highest BCUT2D eigenvalue weighted by atomic mass is 15.2. The van der Waals surface area contributed by atoms with Crippen molar-refractivity contribution in [3.05, 3.63) is 35.4 Å². The highest BCUT2D eigenvalue weighted by Gasteiger charge is 2.17. The van der Waals surface area contributed by atoms with E-state index in [2.05, 4.69) is 48.3 Å². The number of nitrogens with one attached hydrogen (secondary N) is 1. The SMILES string of the molecule is Cc1ccccc1C(C)N1CCCNCC1. The van der Waals surface area contributed by atoms with E-state index in [1.165, 1.54) is 24.1 Å². The summed E-state index contributed by atoms with van der Waals surface area (Å²) in [7, 11) is 0. The third-order valence-corrected chi connectivity index (χ3v) is 3.56. The van der Waals surface area contributed by atoms with Crippen LogP contribution in [0.3, 0.4) is 0 Å². The van der Waals surface area contributed by atoms with Gasteiger partial charge in [-0.25, -0.2) is 0 Å². The maximum Gasteiger partial charge on any atom is 0.0323 e. The van der Waals surface area contributed by atoms with Crippen LogP contribution in [0.1, 0.15) is 30.5 Å². The smallest absolute Gasteiger partial charge is 0.0323 e. The molecule has 1 heterocycles. The Hall–Kier alpha value is -0.860. The van der Waals surface area contributed by atoms with Gasteiger partial charge in [0, 0.05) is 19.1 Å². The van der Waals surface area contributed by atoms with Crippen LogP contribution in [0, 0.1) is 6.92 Å². The molecule has 1 aliphatic heterocycles. The van der Waals surface area contributed by atoms with Crippen LogP contribution in [0.4, 0.5) is 0 Å². The molecule has 0 aliphatic carbocycles. The average molecular weight is 218 g/mol. The summed E-state index contributed by atoms with van der Waals surface area (Å²) in [5, 5.41) is 3.46. The first-order chi connectivity index (χ1) is 7.79. The van der Waals surface area contributed by atoms with Gasteiger partial charge in [0.25, 0.3) is 0 Å². The van der Waals surface area contributed by atoms with Crippen LogP contribution in [-0.2, 0) is 0 Å². The minimum Gasteiger partial charge on any atom is -0.315 e. The highest BCUT2D eigenvalue weighted by Crippen LogP contribution is 2.23. The minimum atomic E-state index is 0.543. The lowest BCUT2D eigenvalue weighted by atomic mass is 10.0.